The predicted molar refractivity (Wildman–Crippen MR) is 140 cm³/mol. The molecular weight excluding hydrogens is 577 g/mol. The molecule has 0 unspecified atom stereocenters. The van der Waals surface area contributed by atoms with Crippen LogP contribution in [0, 0.1) is 25.7 Å². The molecule has 0 radical (unpaired) electrons. The third kappa shape index (κ3) is 3.06. The van der Waals surface area contributed by atoms with Gasteiger partial charge in [0.15, 0.2) is 4.33 Å². The van der Waals surface area contributed by atoms with E-state index in [0.717, 1.165) is 16.0 Å². The van der Waals surface area contributed by atoms with E-state index in [-0.39, 0.29) is 21.7 Å². The molecule has 5 nitrogen and oxygen atoms in total. The number of hydrogen-bond donors (Lipinski definition) is 1. The summed E-state index contributed by atoms with van der Waals surface area (Å²) < 4.78 is -1.99. The SMILES string of the molecule is Cc1ccc(NC(=O)c2ccc(N3C(=O)[C@H]4[C@H](C3=O)[C@@]3(Cl)C(Cl)=C(Cl)[C@@]4(Cl)C3(Cl)Cl)cc2)cc1C. The predicted octanol–water partition coefficient (Wildman–Crippen LogP) is 6.51. The molecule has 1 saturated heterocycles. The lowest BCUT2D eigenvalue weighted by molar-refractivity contribution is -0.123. The molecule has 182 valence electrons. The fourth-order valence-electron chi connectivity index (χ4n) is 5.03. The number of benzene rings is 2. The lowest BCUT2D eigenvalue weighted by Crippen LogP contribution is -2.50. The van der Waals surface area contributed by atoms with E-state index in [1.165, 1.54) is 24.3 Å². The number of nitrogens with zero attached hydrogens (tertiary/aromatic N) is 1. The Balaban J connectivity index is 1.43. The van der Waals surface area contributed by atoms with E-state index in [9.17, 15) is 14.4 Å². The van der Waals surface area contributed by atoms with Gasteiger partial charge in [0.05, 0.1) is 27.6 Å². The van der Waals surface area contributed by atoms with Crippen molar-refractivity contribution in [1.29, 1.82) is 0 Å². The molecule has 0 aromatic heterocycles. The molecule has 1 heterocycles. The summed E-state index contributed by atoms with van der Waals surface area (Å²) in [7, 11) is 0. The fourth-order valence-corrected chi connectivity index (χ4v) is 7.96. The van der Waals surface area contributed by atoms with Gasteiger partial charge in [-0.1, -0.05) is 52.5 Å². The minimum atomic E-state index is -1.99. The van der Waals surface area contributed by atoms with Crippen LogP contribution < -0.4 is 10.2 Å². The van der Waals surface area contributed by atoms with Crippen LogP contribution in [-0.4, -0.2) is 31.8 Å². The molecule has 3 aliphatic rings. The van der Waals surface area contributed by atoms with Crippen LogP contribution in [0.3, 0.4) is 0 Å². The first-order valence-corrected chi connectivity index (χ1v) is 12.7. The summed E-state index contributed by atoms with van der Waals surface area (Å²) in [6.45, 7) is 3.94. The van der Waals surface area contributed by atoms with Gasteiger partial charge in [-0.15, -0.1) is 23.2 Å². The Labute approximate surface area is 231 Å². The summed E-state index contributed by atoms with van der Waals surface area (Å²) in [6.07, 6.45) is 0. The average molecular weight is 593 g/mol. The van der Waals surface area contributed by atoms with Crippen molar-refractivity contribution in [2.75, 3.05) is 10.2 Å². The standard InChI is InChI=1S/C24H16Cl6N2O3/c1-10-3-6-13(9-11(10)2)31-19(33)12-4-7-14(8-5-12)32-20(34)15-16(21(32)35)23(28)18(26)17(25)22(15,27)24(23,29)30/h3-9,15-16H,1-2H3,(H,31,33)/t15-,16-,22-,23-/m1/s1. The minimum absolute atomic E-state index is 0.150. The topological polar surface area (TPSA) is 66.5 Å². The first-order valence-electron chi connectivity index (χ1n) is 10.5. The second-order valence-electron chi connectivity index (χ2n) is 8.89. The van der Waals surface area contributed by atoms with E-state index in [2.05, 4.69) is 5.32 Å². The highest BCUT2D eigenvalue weighted by Crippen LogP contribution is 2.77. The molecule has 11 heteroatoms. The highest BCUT2D eigenvalue weighted by atomic mass is 35.5. The van der Waals surface area contributed by atoms with Crippen molar-refractivity contribution < 1.29 is 14.4 Å². The van der Waals surface area contributed by atoms with Crippen LogP contribution in [0.25, 0.3) is 0 Å². The summed E-state index contributed by atoms with van der Waals surface area (Å²) in [6, 6.07) is 11.6. The van der Waals surface area contributed by atoms with Gasteiger partial charge in [-0.25, -0.2) is 4.90 Å². The molecule has 2 aromatic rings. The van der Waals surface area contributed by atoms with E-state index in [1.807, 2.05) is 32.0 Å². The zero-order valence-electron chi connectivity index (χ0n) is 18.1. The number of hydrogen-bond acceptors (Lipinski definition) is 3. The lowest BCUT2D eigenvalue weighted by atomic mass is 9.84. The first-order chi connectivity index (χ1) is 16.3. The lowest BCUT2D eigenvalue weighted by Gasteiger charge is -2.34. The van der Waals surface area contributed by atoms with Gasteiger partial charge in [-0.2, -0.15) is 0 Å². The molecule has 5 rings (SSSR count). The van der Waals surface area contributed by atoms with E-state index < -0.39 is 37.7 Å². The molecule has 0 spiro atoms. The summed E-state index contributed by atoms with van der Waals surface area (Å²) in [5, 5.41) is 2.53. The van der Waals surface area contributed by atoms with E-state index in [1.54, 1.807) is 0 Å². The molecule has 3 amide bonds. The van der Waals surface area contributed by atoms with Crippen molar-refractivity contribution in [2.24, 2.45) is 11.8 Å². The Morgan fingerprint density at radius 3 is 1.83 bits per heavy atom. The Hall–Kier alpha value is -1.47. The van der Waals surface area contributed by atoms with Crippen LogP contribution in [0.1, 0.15) is 21.5 Å². The number of imide groups is 1. The highest BCUT2D eigenvalue weighted by molar-refractivity contribution is 6.67. The third-order valence-electron chi connectivity index (χ3n) is 7.06. The molecule has 2 aromatic carbocycles. The van der Waals surface area contributed by atoms with Crippen molar-refractivity contribution in [3.05, 3.63) is 69.2 Å². The van der Waals surface area contributed by atoms with E-state index in [4.69, 9.17) is 69.6 Å². The number of aryl methyl sites for hydroxylation is 2. The van der Waals surface area contributed by atoms with Crippen LogP contribution in [0.2, 0.25) is 0 Å². The van der Waals surface area contributed by atoms with Crippen molar-refractivity contribution in [2.45, 2.75) is 27.9 Å². The van der Waals surface area contributed by atoms with Crippen LogP contribution in [-0.2, 0) is 9.59 Å². The van der Waals surface area contributed by atoms with Gasteiger partial charge >= 0.3 is 0 Å². The van der Waals surface area contributed by atoms with Gasteiger partial charge in [-0.3, -0.25) is 14.4 Å². The van der Waals surface area contributed by atoms with Gasteiger partial charge < -0.3 is 5.32 Å². The van der Waals surface area contributed by atoms with Gasteiger partial charge in [0.1, 0.15) is 9.75 Å². The number of allylic oxidation sites excluding steroid dienone is 2. The molecule has 1 N–H and O–H groups in total. The number of alkyl halides is 4. The molecule has 2 bridgehead atoms. The maximum absolute atomic E-state index is 13.4. The summed E-state index contributed by atoms with van der Waals surface area (Å²) >= 11 is 39.1. The number of halogens is 6. The minimum Gasteiger partial charge on any atom is -0.322 e. The summed E-state index contributed by atoms with van der Waals surface area (Å²) in [4.78, 5) is 36.8. The Bertz CT molecular complexity index is 1310. The monoisotopic (exact) mass is 590 g/mol. The molecule has 2 fully saturated rings. The highest BCUT2D eigenvalue weighted by Gasteiger charge is 2.87. The quantitative estimate of drug-likeness (QED) is 0.326. The summed E-state index contributed by atoms with van der Waals surface area (Å²) in [5.41, 5.74) is 3.38. The number of nitrogens with one attached hydrogen (secondary N) is 1. The van der Waals surface area contributed by atoms with Gasteiger partial charge in [0.25, 0.3) is 5.91 Å². The van der Waals surface area contributed by atoms with Crippen LogP contribution in [0.5, 0.6) is 0 Å². The van der Waals surface area contributed by atoms with Crippen LogP contribution in [0.4, 0.5) is 11.4 Å². The molecule has 1 saturated carbocycles. The number of anilines is 2. The summed E-state index contributed by atoms with van der Waals surface area (Å²) in [5.74, 6) is -4.08. The molecule has 1 aliphatic heterocycles. The third-order valence-corrected chi connectivity index (χ3v) is 11.3. The molecule has 35 heavy (non-hydrogen) atoms. The second-order valence-corrected chi connectivity index (χ2v) is 12.2. The van der Waals surface area contributed by atoms with Gasteiger partial charge in [0.2, 0.25) is 11.8 Å². The van der Waals surface area contributed by atoms with Crippen molar-refractivity contribution in [3.8, 4) is 0 Å². The normalized spacial score (nSPS) is 30.8. The number of carbonyl (C=O) groups is 3. The van der Waals surface area contributed by atoms with Crippen molar-refractivity contribution in [1.82, 2.24) is 0 Å². The van der Waals surface area contributed by atoms with Crippen LogP contribution in [0.15, 0.2) is 52.5 Å². The maximum atomic E-state index is 13.4. The van der Waals surface area contributed by atoms with E-state index >= 15 is 0 Å². The smallest absolute Gasteiger partial charge is 0.255 e. The van der Waals surface area contributed by atoms with Crippen molar-refractivity contribution in [3.63, 3.8) is 0 Å². The number of rotatable bonds is 3. The second kappa shape index (κ2) is 8.01. The Kier molecular flexibility index (Phi) is 5.77. The van der Waals surface area contributed by atoms with Gasteiger partial charge in [0, 0.05) is 11.3 Å². The molecule has 2 aliphatic carbocycles. The number of fused-ring (bicyclic) bond motifs is 5. The van der Waals surface area contributed by atoms with Gasteiger partial charge in [-0.05, 0) is 61.4 Å². The van der Waals surface area contributed by atoms with E-state index in [0.29, 0.717) is 11.3 Å². The zero-order chi connectivity index (χ0) is 25.7. The van der Waals surface area contributed by atoms with Crippen molar-refractivity contribution >= 4 is 98.7 Å². The number of amides is 3. The Morgan fingerprint density at radius 1 is 0.829 bits per heavy atom. The Morgan fingerprint density at radius 2 is 1.34 bits per heavy atom. The first kappa shape index (κ1) is 25.2. The maximum Gasteiger partial charge on any atom is 0.255 e. The molecular formula is C24H16Cl6N2O3. The van der Waals surface area contributed by atoms with Crippen LogP contribution >= 0.6 is 69.6 Å². The average Bonchev–Trinajstić information content (AvgIpc) is 3.20. The number of carbonyl (C=O) groups excluding carboxylic acids is 3. The zero-order valence-corrected chi connectivity index (χ0v) is 22.7. The molecule has 4 atom stereocenters. The largest absolute Gasteiger partial charge is 0.322 e. The fraction of sp³-hybridized carbons (Fsp3) is 0.292.